The molecular formula is C15H13ClN2O3. The summed E-state index contributed by atoms with van der Waals surface area (Å²) in [4.78, 5) is 22.4. The highest BCUT2D eigenvalue weighted by Crippen LogP contribution is 2.27. The summed E-state index contributed by atoms with van der Waals surface area (Å²) >= 11 is 6.06. The molecule has 0 heterocycles. The van der Waals surface area contributed by atoms with Gasteiger partial charge in [-0.2, -0.15) is 0 Å². The van der Waals surface area contributed by atoms with E-state index >= 15 is 0 Å². The number of nitrogens with one attached hydrogen (secondary N) is 1. The molecule has 1 amide bonds. The molecule has 21 heavy (non-hydrogen) atoms. The summed E-state index contributed by atoms with van der Waals surface area (Å²) in [6.45, 7) is 1.81. The first-order valence-corrected chi connectivity index (χ1v) is 6.71. The Hall–Kier alpha value is -2.40. The molecule has 5 nitrogen and oxygen atoms in total. The summed E-state index contributed by atoms with van der Waals surface area (Å²) in [5, 5.41) is 13.2. The summed E-state index contributed by atoms with van der Waals surface area (Å²) in [6.07, 6.45) is 0. The molecule has 0 bridgehead atoms. The number of hydrogen-bond acceptors (Lipinski definition) is 3. The van der Waals surface area contributed by atoms with Gasteiger partial charge in [0, 0.05) is 23.4 Å². The number of non-ortho nitro benzene ring substituents is 1. The fourth-order valence-electron chi connectivity index (χ4n) is 1.91. The van der Waals surface area contributed by atoms with Crippen molar-refractivity contribution in [2.45, 2.75) is 12.3 Å². The van der Waals surface area contributed by atoms with Gasteiger partial charge in [-0.25, -0.2) is 0 Å². The van der Waals surface area contributed by atoms with Crippen LogP contribution in [0.4, 0.5) is 11.4 Å². The molecule has 0 aliphatic heterocycles. The summed E-state index contributed by atoms with van der Waals surface area (Å²) in [7, 11) is 0. The number of hydrogen-bond donors (Lipinski definition) is 1. The number of carbonyl (C=O) groups is 1. The van der Waals surface area contributed by atoms with E-state index in [-0.39, 0.29) is 16.6 Å². The summed E-state index contributed by atoms with van der Waals surface area (Å²) in [5.41, 5.74) is 1.48. The zero-order valence-corrected chi connectivity index (χ0v) is 12.0. The van der Waals surface area contributed by atoms with Crippen LogP contribution in [0.5, 0.6) is 0 Å². The van der Waals surface area contributed by atoms with Crippen LogP contribution < -0.4 is 5.32 Å². The monoisotopic (exact) mass is 304 g/mol. The standard InChI is InChI=1S/C15H13ClN2O3/c1-10(16)13-7-2-3-8-14(13)17-15(19)11-5-4-6-12(9-11)18(20)21/h2-10H,1H3,(H,17,19). The minimum atomic E-state index is -0.536. The lowest BCUT2D eigenvalue weighted by Crippen LogP contribution is -2.13. The van der Waals surface area contributed by atoms with Crippen LogP contribution >= 0.6 is 11.6 Å². The van der Waals surface area contributed by atoms with E-state index < -0.39 is 10.8 Å². The van der Waals surface area contributed by atoms with E-state index in [1.165, 1.54) is 24.3 Å². The van der Waals surface area contributed by atoms with Crippen LogP contribution in [0.15, 0.2) is 48.5 Å². The number of nitro groups is 1. The molecule has 0 aromatic heterocycles. The summed E-state index contributed by atoms with van der Waals surface area (Å²) < 4.78 is 0. The summed E-state index contributed by atoms with van der Waals surface area (Å²) in [5.74, 6) is -0.413. The van der Waals surface area contributed by atoms with Crippen molar-refractivity contribution < 1.29 is 9.72 Å². The molecule has 0 saturated carbocycles. The van der Waals surface area contributed by atoms with E-state index in [0.717, 1.165) is 5.56 Å². The zero-order valence-electron chi connectivity index (χ0n) is 11.2. The first kappa shape index (κ1) is 15.0. The largest absolute Gasteiger partial charge is 0.322 e. The SMILES string of the molecule is CC(Cl)c1ccccc1NC(=O)c1cccc([N+](=O)[O-])c1. The van der Waals surface area contributed by atoms with Crippen molar-refractivity contribution in [2.75, 3.05) is 5.32 Å². The van der Waals surface area contributed by atoms with Crippen LogP contribution in [-0.2, 0) is 0 Å². The zero-order chi connectivity index (χ0) is 15.4. The number of para-hydroxylation sites is 1. The normalized spacial score (nSPS) is 11.7. The lowest BCUT2D eigenvalue weighted by atomic mass is 10.1. The number of halogens is 1. The van der Waals surface area contributed by atoms with Crippen LogP contribution in [0.25, 0.3) is 0 Å². The predicted octanol–water partition coefficient (Wildman–Crippen LogP) is 4.15. The lowest BCUT2D eigenvalue weighted by molar-refractivity contribution is -0.384. The third-order valence-electron chi connectivity index (χ3n) is 2.96. The average molecular weight is 305 g/mol. The Morgan fingerprint density at radius 3 is 2.62 bits per heavy atom. The van der Waals surface area contributed by atoms with Gasteiger partial charge < -0.3 is 5.32 Å². The molecule has 0 spiro atoms. The van der Waals surface area contributed by atoms with Gasteiger partial charge in [-0.1, -0.05) is 24.3 Å². The number of anilines is 1. The van der Waals surface area contributed by atoms with Crippen molar-refractivity contribution in [3.63, 3.8) is 0 Å². The fraction of sp³-hybridized carbons (Fsp3) is 0.133. The molecular weight excluding hydrogens is 292 g/mol. The highest BCUT2D eigenvalue weighted by atomic mass is 35.5. The molecule has 0 aliphatic carbocycles. The smallest absolute Gasteiger partial charge is 0.270 e. The van der Waals surface area contributed by atoms with Gasteiger partial charge in [0.2, 0.25) is 0 Å². The first-order chi connectivity index (χ1) is 9.99. The lowest BCUT2D eigenvalue weighted by Gasteiger charge is -2.12. The van der Waals surface area contributed by atoms with E-state index in [1.807, 2.05) is 12.1 Å². The molecule has 2 rings (SSSR count). The minimum Gasteiger partial charge on any atom is -0.322 e. The van der Waals surface area contributed by atoms with Gasteiger partial charge >= 0.3 is 0 Å². The van der Waals surface area contributed by atoms with E-state index in [0.29, 0.717) is 5.69 Å². The second kappa shape index (κ2) is 6.37. The van der Waals surface area contributed by atoms with Crippen molar-refractivity contribution >= 4 is 28.9 Å². The Morgan fingerprint density at radius 1 is 1.24 bits per heavy atom. The Balaban J connectivity index is 2.26. The highest BCUT2D eigenvalue weighted by molar-refractivity contribution is 6.21. The fourth-order valence-corrected chi connectivity index (χ4v) is 2.10. The average Bonchev–Trinajstić information content (AvgIpc) is 2.47. The molecule has 0 fully saturated rings. The Morgan fingerprint density at radius 2 is 1.95 bits per heavy atom. The molecule has 2 aromatic rings. The molecule has 1 N–H and O–H groups in total. The second-order valence-corrected chi connectivity index (χ2v) is 5.12. The van der Waals surface area contributed by atoms with Crippen LogP contribution in [-0.4, -0.2) is 10.8 Å². The van der Waals surface area contributed by atoms with Crippen LogP contribution in [0.1, 0.15) is 28.2 Å². The number of nitro benzene ring substituents is 1. The summed E-state index contributed by atoms with van der Waals surface area (Å²) in [6, 6.07) is 12.7. The van der Waals surface area contributed by atoms with Crippen molar-refractivity contribution in [1.29, 1.82) is 0 Å². The van der Waals surface area contributed by atoms with Crippen molar-refractivity contribution in [3.8, 4) is 0 Å². The van der Waals surface area contributed by atoms with Gasteiger partial charge in [0.05, 0.1) is 10.3 Å². The van der Waals surface area contributed by atoms with Gasteiger partial charge in [-0.05, 0) is 24.6 Å². The number of alkyl halides is 1. The van der Waals surface area contributed by atoms with E-state index in [4.69, 9.17) is 11.6 Å². The second-order valence-electron chi connectivity index (χ2n) is 4.46. The number of benzene rings is 2. The van der Waals surface area contributed by atoms with Crippen LogP contribution in [0.2, 0.25) is 0 Å². The van der Waals surface area contributed by atoms with Gasteiger partial charge in [0.15, 0.2) is 0 Å². The van der Waals surface area contributed by atoms with Crippen molar-refractivity contribution in [2.24, 2.45) is 0 Å². The molecule has 6 heteroatoms. The van der Waals surface area contributed by atoms with Crippen molar-refractivity contribution in [1.82, 2.24) is 0 Å². The molecule has 1 atom stereocenters. The van der Waals surface area contributed by atoms with Crippen molar-refractivity contribution in [3.05, 3.63) is 69.8 Å². The highest BCUT2D eigenvalue weighted by Gasteiger charge is 2.14. The van der Waals surface area contributed by atoms with E-state index in [9.17, 15) is 14.9 Å². The molecule has 2 aromatic carbocycles. The molecule has 0 radical (unpaired) electrons. The molecule has 1 unspecified atom stereocenters. The third kappa shape index (κ3) is 3.58. The Kier molecular flexibility index (Phi) is 4.55. The van der Waals surface area contributed by atoms with Gasteiger partial charge in [0.1, 0.15) is 0 Å². The first-order valence-electron chi connectivity index (χ1n) is 6.28. The Labute approximate surface area is 126 Å². The predicted molar refractivity (Wildman–Crippen MR) is 81.8 cm³/mol. The number of nitrogens with zero attached hydrogens (tertiary/aromatic N) is 1. The maximum Gasteiger partial charge on any atom is 0.270 e. The minimum absolute atomic E-state index is 0.123. The molecule has 0 aliphatic rings. The molecule has 0 saturated heterocycles. The maximum atomic E-state index is 12.2. The van der Waals surface area contributed by atoms with E-state index in [1.54, 1.807) is 19.1 Å². The van der Waals surface area contributed by atoms with Crippen LogP contribution in [0, 0.1) is 10.1 Å². The third-order valence-corrected chi connectivity index (χ3v) is 3.19. The Bertz CT molecular complexity index is 686. The van der Waals surface area contributed by atoms with Crippen LogP contribution in [0.3, 0.4) is 0 Å². The van der Waals surface area contributed by atoms with E-state index in [2.05, 4.69) is 5.32 Å². The van der Waals surface area contributed by atoms with Gasteiger partial charge in [-0.15, -0.1) is 11.6 Å². The number of amides is 1. The maximum absolute atomic E-state index is 12.2. The number of rotatable bonds is 4. The quantitative estimate of drug-likeness (QED) is 0.524. The topological polar surface area (TPSA) is 72.2 Å². The number of carbonyl (C=O) groups excluding carboxylic acids is 1. The molecule has 108 valence electrons. The van der Waals surface area contributed by atoms with Gasteiger partial charge in [0.25, 0.3) is 11.6 Å². The van der Waals surface area contributed by atoms with Gasteiger partial charge in [-0.3, -0.25) is 14.9 Å².